The molecule has 1 rings (SSSR count). The highest BCUT2D eigenvalue weighted by molar-refractivity contribution is 7.59. The van der Waals surface area contributed by atoms with Gasteiger partial charge in [-0.15, -0.1) is 0 Å². The van der Waals surface area contributed by atoms with Gasteiger partial charge in [0.1, 0.15) is 11.9 Å². The Kier molecular flexibility index (Phi) is 7.28. The van der Waals surface area contributed by atoms with E-state index < -0.39 is 6.10 Å². The predicted octanol–water partition coefficient (Wildman–Crippen LogP) is 2.05. The molecule has 0 aliphatic rings. The lowest BCUT2D eigenvalue weighted by Crippen LogP contribution is -2.38. The lowest BCUT2D eigenvalue weighted by Gasteiger charge is -2.22. The molecule has 0 radical (unpaired) electrons. The fraction of sp³-hybridized carbons (Fsp3) is 0.615. The Morgan fingerprint density at radius 1 is 1.33 bits per heavy atom. The second kappa shape index (κ2) is 7.61. The van der Waals surface area contributed by atoms with Gasteiger partial charge in [0.15, 0.2) is 0 Å². The van der Waals surface area contributed by atoms with Crippen molar-refractivity contribution >= 4 is 19.3 Å². The van der Waals surface area contributed by atoms with Gasteiger partial charge in [0, 0.05) is 18.6 Å². The van der Waals surface area contributed by atoms with E-state index in [9.17, 15) is 5.11 Å². The Hall–Kier alpha value is -0.780. The van der Waals surface area contributed by atoms with Crippen LogP contribution in [0.25, 0.3) is 0 Å². The van der Waals surface area contributed by atoms with E-state index in [0.29, 0.717) is 12.2 Å². The molecule has 0 amide bonds. The van der Waals surface area contributed by atoms with Crippen LogP contribution in [0.15, 0.2) is 18.2 Å². The molecule has 1 atom stereocenters. The van der Waals surface area contributed by atoms with Gasteiger partial charge in [-0.1, -0.05) is 6.07 Å². The summed E-state index contributed by atoms with van der Waals surface area (Å²) in [5, 5.41) is 16.4. The summed E-state index contributed by atoms with van der Waals surface area (Å²) in [6.45, 7) is 9.57. The zero-order valence-electron chi connectivity index (χ0n) is 11.6. The number of aliphatic hydroxyl groups is 1. The van der Waals surface area contributed by atoms with Crippen LogP contribution in [0, 0.1) is 0 Å². The Morgan fingerprint density at radius 2 is 2.00 bits per heavy atom. The molecule has 0 spiro atoms. The zero-order valence-corrected chi connectivity index (χ0v) is 12.6. The van der Waals surface area contributed by atoms with E-state index >= 15 is 0 Å². The number of nitrogens with one attached hydrogen (secondary N) is 2. The van der Waals surface area contributed by atoms with Gasteiger partial charge in [-0.3, -0.25) is 0 Å². The molecule has 0 aliphatic carbocycles. The summed E-state index contributed by atoms with van der Waals surface area (Å²) in [7, 11) is 0. The van der Waals surface area contributed by atoms with Crippen molar-refractivity contribution in [3.63, 3.8) is 0 Å². The Bertz CT molecular complexity index is 352. The van der Waals surface area contributed by atoms with Crippen molar-refractivity contribution in [2.24, 2.45) is 0 Å². The SMILES string of the molecule is CCNc1cccc([C@@H](O)CNC(C)(C)C)n1.S. The van der Waals surface area contributed by atoms with Gasteiger partial charge in [0.25, 0.3) is 0 Å². The van der Waals surface area contributed by atoms with E-state index in [-0.39, 0.29) is 19.0 Å². The van der Waals surface area contributed by atoms with Gasteiger partial charge in [0.05, 0.1) is 5.69 Å². The minimum Gasteiger partial charge on any atom is -0.385 e. The van der Waals surface area contributed by atoms with Gasteiger partial charge in [0.2, 0.25) is 0 Å². The maximum Gasteiger partial charge on any atom is 0.126 e. The summed E-state index contributed by atoms with van der Waals surface area (Å²) in [6, 6.07) is 5.65. The van der Waals surface area contributed by atoms with Crippen molar-refractivity contribution in [3.8, 4) is 0 Å². The first-order valence-electron chi connectivity index (χ1n) is 6.06. The summed E-state index contributed by atoms with van der Waals surface area (Å²) in [5.74, 6) is 0.805. The molecule has 0 saturated heterocycles. The number of nitrogens with zero attached hydrogens (tertiary/aromatic N) is 1. The van der Waals surface area contributed by atoms with Crippen molar-refractivity contribution < 1.29 is 5.11 Å². The number of rotatable bonds is 5. The molecule has 0 aliphatic heterocycles. The van der Waals surface area contributed by atoms with Gasteiger partial charge in [-0.2, -0.15) is 13.5 Å². The van der Waals surface area contributed by atoms with Crippen LogP contribution in [0.4, 0.5) is 5.82 Å². The summed E-state index contributed by atoms with van der Waals surface area (Å²) in [4.78, 5) is 4.36. The molecular formula is C13H25N3OS. The van der Waals surface area contributed by atoms with Crippen molar-refractivity contribution in [2.45, 2.75) is 39.3 Å². The molecule has 1 heterocycles. The van der Waals surface area contributed by atoms with Crippen LogP contribution in [0.1, 0.15) is 39.5 Å². The van der Waals surface area contributed by atoms with Crippen LogP contribution in [0.2, 0.25) is 0 Å². The Morgan fingerprint density at radius 3 is 2.56 bits per heavy atom. The number of pyridine rings is 1. The van der Waals surface area contributed by atoms with Gasteiger partial charge in [-0.05, 0) is 39.8 Å². The summed E-state index contributed by atoms with van der Waals surface area (Å²) >= 11 is 0. The highest BCUT2D eigenvalue weighted by Gasteiger charge is 2.14. The lowest BCUT2D eigenvalue weighted by atomic mass is 10.1. The first-order valence-corrected chi connectivity index (χ1v) is 6.06. The van der Waals surface area contributed by atoms with Gasteiger partial charge >= 0.3 is 0 Å². The minimum absolute atomic E-state index is 0. The monoisotopic (exact) mass is 271 g/mol. The molecular weight excluding hydrogens is 246 g/mol. The van der Waals surface area contributed by atoms with E-state index in [4.69, 9.17) is 0 Å². The molecule has 0 fully saturated rings. The van der Waals surface area contributed by atoms with Crippen LogP contribution in [0.5, 0.6) is 0 Å². The van der Waals surface area contributed by atoms with Crippen molar-refractivity contribution in [1.82, 2.24) is 10.3 Å². The average molecular weight is 271 g/mol. The molecule has 4 nitrogen and oxygen atoms in total. The molecule has 18 heavy (non-hydrogen) atoms. The number of anilines is 1. The van der Waals surface area contributed by atoms with Crippen LogP contribution in [0.3, 0.4) is 0 Å². The molecule has 1 aromatic rings. The second-order valence-corrected chi connectivity index (χ2v) is 5.12. The third kappa shape index (κ3) is 6.23. The zero-order chi connectivity index (χ0) is 12.9. The van der Waals surface area contributed by atoms with E-state index in [1.807, 2.05) is 25.1 Å². The van der Waals surface area contributed by atoms with E-state index in [2.05, 4.69) is 36.4 Å². The fourth-order valence-corrected chi connectivity index (χ4v) is 1.42. The van der Waals surface area contributed by atoms with Gasteiger partial charge < -0.3 is 15.7 Å². The van der Waals surface area contributed by atoms with Crippen LogP contribution in [-0.2, 0) is 0 Å². The van der Waals surface area contributed by atoms with Crippen LogP contribution in [-0.4, -0.2) is 28.7 Å². The number of aromatic nitrogens is 1. The quantitative estimate of drug-likeness (QED) is 0.767. The standard InChI is InChI=1S/C13H23N3O.H2S/c1-5-14-12-8-6-7-10(16-12)11(17)9-15-13(2,3)4;/h6-8,11,15,17H,5,9H2,1-4H3,(H,14,16);1H2/t11-;/m0./s1. The summed E-state index contributed by atoms with van der Waals surface area (Å²) in [5.41, 5.74) is 0.695. The maximum atomic E-state index is 10.0. The topological polar surface area (TPSA) is 57.2 Å². The minimum atomic E-state index is -0.576. The van der Waals surface area contributed by atoms with Crippen molar-refractivity contribution in [1.29, 1.82) is 0 Å². The van der Waals surface area contributed by atoms with E-state index in [1.165, 1.54) is 0 Å². The highest BCUT2D eigenvalue weighted by atomic mass is 32.1. The largest absolute Gasteiger partial charge is 0.385 e. The predicted molar refractivity (Wildman–Crippen MR) is 81.5 cm³/mol. The molecule has 1 aromatic heterocycles. The smallest absolute Gasteiger partial charge is 0.126 e. The maximum absolute atomic E-state index is 10.0. The molecule has 5 heteroatoms. The summed E-state index contributed by atoms with van der Waals surface area (Å²) in [6.07, 6.45) is -0.576. The molecule has 0 saturated carbocycles. The molecule has 3 N–H and O–H groups in total. The first-order chi connectivity index (χ1) is 7.92. The van der Waals surface area contributed by atoms with Crippen LogP contribution < -0.4 is 10.6 Å². The van der Waals surface area contributed by atoms with Crippen molar-refractivity contribution in [2.75, 3.05) is 18.4 Å². The normalized spacial score (nSPS) is 12.7. The molecule has 104 valence electrons. The molecule has 0 aromatic carbocycles. The number of hydrogen-bond donors (Lipinski definition) is 3. The second-order valence-electron chi connectivity index (χ2n) is 5.12. The number of hydrogen-bond acceptors (Lipinski definition) is 4. The van der Waals surface area contributed by atoms with Crippen LogP contribution >= 0.6 is 13.5 Å². The number of β-amino-alcohol motifs (C(OH)–C–C–N with tert-alkyl or cyclic N) is 1. The fourth-order valence-electron chi connectivity index (χ4n) is 1.42. The highest BCUT2D eigenvalue weighted by Crippen LogP contribution is 2.13. The molecule has 0 unspecified atom stereocenters. The number of aliphatic hydroxyl groups excluding tert-OH is 1. The Labute approximate surface area is 117 Å². The third-order valence-corrected chi connectivity index (χ3v) is 2.30. The van der Waals surface area contributed by atoms with E-state index in [1.54, 1.807) is 0 Å². The average Bonchev–Trinajstić information content (AvgIpc) is 2.26. The molecule has 0 bridgehead atoms. The van der Waals surface area contributed by atoms with Gasteiger partial charge in [-0.25, -0.2) is 4.98 Å². The Balaban J connectivity index is 0.00000289. The summed E-state index contributed by atoms with van der Waals surface area (Å²) < 4.78 is 0. The van der Waals surface area contributed by atoms with E-state index in [0.717, 1.165) is 12.4 Å². The van der Waals surface area contributed by atoms with Crippen molar-refractivity contribution in [3.05, 3.63) is 23.9 Å². The third-order valence-electron chi connectivity index (χ3n) is 2.30. The first kappa shape index (κ1) is 17.2. The lowest BCUT2D eigenvalue weighted by molar-refractivity contribution is 0.159.